The summed E-state index contributed by atoms with van der Waals surface area (Å²) in [6.45, 7) is 5.61. The SMILES string of the molecule is CC1CCC2C(CCC3C(C)C(=O)CCN23)C1. The molecular weight excluding hydrogens is 210 g/mol. The number of carbonyl (C=O) groups excluding carboxylic acids is 1. The van der Waals surface area contributed by atoms with Crippen LogP contribution in [-0.2, 0) is 4.79 Å². The van der Waals surface area contributed by atoms with Crippen molar-refractivity contribution in [1.29, 1.82) is 0 Å². The average molecular weight is 235 g/mol. The quantitative estimate of drug-likeness (QED) is 0.643. The summed E-state index contributed by atoms with van der Waals surface area (Å²) in [6.07, 6.45) is 7.64. The number of carbonyl (C=O) groups is 1. The first-order valence-corrected chi connectivity index (χ1v) is 7.45. The van der Waals surface area contributed by atoms with Gasteiger partial charge in [0.1, 0.15) is 5.78 Å². The Morgan fingerprint density at radius 1 is 1.06 bits per heavy atom. The fourth-order valence-electron chi connectivity index (χ4n) is 4.58. The van der Waals surface area contributed by atoms with E-state index in [0.717, 1.165) is 30.8 Å². The van der Waals surface area contributed by atoms with Gasteiger partial charge in [0.05, 0.1) is 0 Å². The van der Waals surface area contributed by atoms with Crippen LogP contribution in [0.15, 0.2) is 0 Å². The van der Waals surface area contributed by atoms with E-state index in [0.29, 0.717) is 17.7 Å². The van der Waals surface area contributed by atoms with E-state index in [1.807, 2.05) is 0 Å². The molecule has 3 aliphatic rings. The number of nitrogens with zero attached hydrogens (tertiary/aromatic N) is 1. The normalized spacial score (nSPS) is 47.4. The molecule has 2 heteroatoms. The van der Waals surface area contributed by atoms with Gasteiger partial charge in [-0.15, -0.1) is 0 Å². The topological polar surface area (TPSA) is 20.3 Å². The molecule has 5 unspecified atom stereocenters. The lowest BCUT2D eigenvalue weighted by Crippen LogP contribution is -2.59. The molecule has 0 radical (unpaired) electrons. The molecular formula is C15H25NO. The van der Waals surface area contributed by atoms with Gasteiger partial charge in [-0.05, 0) is 43.9 Å². The number of ketones is 1. The standard InChI is InChI=1S/C15H25NO/c1-10-3-5-14-12(9-10)4-6-13-11(2)15(17)7-8-16(13)14/h10-14H,3-9H2,1-2H3. The zero-order valence-corrected chi connectivity index (χ0v) is 11.2. The predicted molar refractivity (Wildman–Crippen MR) is 68.8 cm³/mol. The van der Waals surface area contributed by atoms with E-state index in [1.54, 1.807) is 0 Å². The van der Waals surface area contributed by atoms with Gasteiger partial charge >= 0.3 is 0 Å². The van der Waals surface area contributed by atoms with E-state index in [-0.39, 0.29) is 0 Å². The van der Waals surface area contributed by atoms with Crippen molar-refractivity contribution < 1.29 is 4.79 Å². The maximum absolute atomic E-state index is 11.8. The Kier molecular flexibility index (Phi) is 3.02. The van der Waals surface area contributed by atoms with Crippen LogP contribution in [-0.4, -0.2) is 29.3 Å². The third-order valence-corrected chi connectivity index (χ3v) is 5.59. The molecule has 0 spiro atoms. The minimum Gasteiger partial charge on any atom is -0.299 e. The van der Waals surface area contributed by atoms with Gasteiger partial charge in [0, 0.05) is 31.0 Å². The summed E-state index contributed by atoms with van der Waals surface area (Å²) in [7, 11) is 0. The molecule has 5 atom stereocenters. The van der Waals surface area contributed by atoms with E-state index >= 15 is 0 Å². The second-order valence-electron chi connectivity index (χ2n) is 6.63. The number of Topliss-reactive ketones (excluding diaryl/α,β-unsaturated/α-hetero) is 1. The molecule has 2 saturated heterocycles. The summed E-state index contributed by atoms with van der Waals surface area (Å²) in [4.78, 5) is 14.5. The zero-order valence-electron chi connectivity index (χ0n) is 11.2. The molecule has 3 rings (SSSR count). The first kappa shape index (κ1) is 11.7. The Labute approximate surface area is 105 Å². The summed E-state index contributed by atoms with van der Waals surface area (Å²) >= 11 is 0. The molecule has 0 bridgehead atoms. The minimum atomic E-state index is 0.295. The predicted octanol–water partition coefficient (Wildman–Crippen LogP) is 2.86. The molecule has 3 fully saturated rings. The second-order valence-corrected chi connectivity index (χ2v) is 6.63. The van der Waals surface area contributed by atoms with Crippen molar-refractivity contribution in [2.75, 3.05) is 6.54 Å². The van der Waals surface area contributed by atoms with Crippen molar-refractivity contribution in [3.8, 4) is 0 Å². The number of piperidine rings is 2. The Morgan fingerprint density at radius 2 is 1.82 bits per heavy atom. The van der Waals surface area contributed by atoms with Gasteiger partial charge in [-0.25, -0.2) is 0 Å². The summed E-state index contributed by atoms with van der Waals surface area (Å²) in [6, 6.07) is 1.38. The van der Waals surface area contributed by atoms with Gasteiger partial charge in [-0.3, -0.25) is 9.69 Å². The number of fused-ring (bicyclic) bond motifs is 3. The molecule has 0 aromatic rings. The van der Waals surface area contributed by atoms with Crippen molar-refractivity contribution in [3.63, 3.8) is 0 Å². The van der Waals surface area contributed by atoms with Crippen molar-refractivity contribution in [2.45, 2.75) is 64.5 Å². The zero-order chi connectivity index (χ0) is 12.0. The molecule has 96 valence electrons. The molecule has 0 aromatic heterocycles. The van der Waals surface area contributed by atoms with Gasteiger partial charge in [0.15, 0.2) is 0 Å². The van der Waals surface area contributed by atoms with E-state index in [2.05, 4.69) is 18.7 Å². The van der Waals surface area contributed by atoms with Gasteiger partial charge in [-0.1, -0.05) is 13.8 Å². The van der Waals surface area contributed by atoms with Crippen LogP contribution >= 0.6 is 0 Å². The fraction of sp³-hybridized carbons (Fsp3) is 0.933. The maximum atomic E-state index is 11.8. The Morgan fingerprint density at radius 3 is 2.65 bits per heavy atom. The van der Waals surface area contributed by atoms with E-state index < -0.39 is 0 Å². The van der Waals surface area contributed by atoms with Gasteiger partial charge in [0.25, 0.3) is 0 Å². The highest BCUT2D eigenvalue weighted by Gasteiger charge is 2.44. The number of hydrogen-bond acceptors (Lipinski definition) is 2. The molecule has 0 amide bonds. The smallest absolute Gasteiger partial charge is 0.138 e. The lowest BCUT2D eigenvalue weighted by molar-refractivity contribution is -0.133. The van der Waals surface area contributed by atoms with Crippen molar-refractivity contribution >= 4 is 5.78 Å². The van der Waals surface area contributed by atoms with Crippen LogP contribution in [0, 0.1) is 17.8 Å². The summed E-state index contributed by atoms with van der Waals surface area (Å²) in [5, 5.41) is 0. The molecule has 17 heavy (non-hydrogen) atoms. The first-order chi connectivity index (χ1) is 8.16. The van der Waals surface area contributed by atoms with Crippen LogP contribution in [0.4, 0.5) is 0 Å². The molecule has 0 aromatic carbocycles. The van der Waals surface area contributed by atoms with Crippen molar-refractivity contribution in [2.24, 2.45) is 17.8 Å². The highest BCUT2D eigenvalue weighted by molar-refractivity contribution is 5.82. The van der Waals surface area contributed by atoms with Crippen LogP contribution in [0.1, 0.15) is 52.4 Å². The highest BCUT2D eigenvalue weighted by atomic mass is 16.1. The van der Waals surface area contributed by atoms with E-state index in [4.69, 9.17) is 0 Å². The summed E-state index contributed by atoms with van der Waals surface area (Å²) in [5.74, 6) is 2.66. The molecule has 2 heterocycles. The van der Waals surface area contributed by atoms with Gasteiger partial charge < -0.3 is 0 Å². The Balaban J connectivity index is 1.77. The Bertz CT molecular complexity index is 314. The first-order valence-electron chi connectivity index (χ1n) is 7.45. The van der Waals surface area contributed by atoms with E-state index in [9.17, 15) is 4.79 Å². The maximum Gasteiger partial charge on any atom is 0.138 e. The lowest BCUT2D eigenvalue weighted by Gasteiger charge is -2.53. The van der Waals surface area contributed by atoms with Crippen molar-refractivity contribution in [1.82, 2.24) is 4.90 Å². The molecule has 2 nitrogen and oxygen atoms in total. The third-order valence-electron chi connectivity index (χ3n) is 5.59. The third kappa shape index (κ3) is 1.95. The van der Waals surface area contributed by atoms with Crippen LogP contribution in [0.2, 0.25) is 0 Å². The minimum absolute atomic E-state index is 0.295. The fourth-order valence-corrected chi connectivity index (χ4v) is 4.58. The van der Waals surface area contributed by atoms with Crippen LogP contribution in [0.3, 0.4) is 0 Å². The molecule has 2 aliphatic heterocycles. The highest BCUT2D eigenvalue weighted by Crippen LogP contribution is 2.43. The number of rotatable bonds is 0. The van der Waals surface area contributed by atoms with E-state index in [1.165, 1.54) is 32.1 Å². The van der Waals surface area contributed by atoms with Gasteiger partial charge in [-0.2, -0.15) is 0 Å². The molecule has 1 saturated carbocycles. The van der Waals surface area contributed by atoms with Crippen LogP contribution in [0.25, 0.3) is 0 Å². The molecule has 0 N–H and O–H groups in total. The largest absolute Gasteiger partial charge is 0.299 e. The van der Waals surface area contributed by atoms with Crippen LogP contribution < -0.4 is 0 Å². The monoisotopic (exact) mass is 235 g/mol. The second kappa shape index (κ2) is 4.38. The summed E-state index contributed by atoms with van der Waals surface area (Å²) in [5.41, 5.74) is 0. The van der Waals surface area contributed by atoms with Crippen molar-refractivity contribution in [3.05, 3.63) is 0 Å². The van der Waals surface area contributed by atoms with Crippen LogP contribution in [0.5, 0.6) is 0 Å². The number of hydrogen-bond donors (Lipinski definition) is 0. The summed E-state index contributed by atoms with van der Waals surface area (Å²) < 4.78 is 0. The molecule has 1 aliphatic carbocycles. The van der Waals surface area contributed by atoms with Gasteiger partial charge in [0.2, 0.25) is 0 Å². The lowest BCUT2D eigenvalue weighted by atomic mass is 9.69. The average Bonchev–Trinajstić information content (AvgIpc) is 2.33. The Hall–Kier alpha value is -0.370.